The number of rotatable bonds is 7. The zero-order valence-electron chi connectivity index (χ0n) is 11.7. The van der Waals surface area contributed by atoms with E-state index in [9.17, 15) is 14.9 Å². The molecule has 0 saturated heterocycles. The Kier molecular flexibility index (Phi) is 7.03. The Labute approximate surface area is 109 Å². The standard InChI is InChI=1S/C13H23N3O2/c1-5-13(6-2,10-14)12(18)16(8-4)9-11(17)15-7-3/h5-9H2,1-4H3,(H,15,17). The van der Waals surface area contributed by atoms with Gasteiger partial charge in [0, 0.05) is 13.1 Å². The van der Waals surface area contributed by atoms with E-state index in [4.69, 9.17) is 0 Å². The molecule has 0 heterocycles. The van der Waals surface area contributed by atoms with Crippen molar-refractivity contribution in [3.05, 3.63) is 0 Å². The number of nitrogens with one attached hydrogen (secondary N) is 1. The number of hydrogen-bond acceptors (Lipinski definition) is 3. The van der Waals surface area contributed by atoms with Crippen molar-refractivity contribution in [3.63, 3.8) is 0 Å². The van der Waals surface area contributed by atoms with Gasteiger partial charge in [-0.25, -0.2) is 0 Å². The van der Waals surface area contributed by atoms with E-state index in [1.807, 2.05) is 27.7 Å². The third kappa shape index (κ3) is 3.73. The van der Waals surface area contributed by atoms with E-state index in [1.54, 1.807) is 0 Å². The summed E-state index contributed by atoms with van der Waals surface area (Å²) >= 11 is 0. The molecule has 5 heteroatoms. The fourth-order valence-electron chi connectivity index (χ4n) is 1.81. The van der Waals surface area contributed by atoms with Gasteiger partial charge in [0.05, 0.1) is 12.6 Å². The van der Waals surface area contributed by atoms with Gasteiger partial charge in [0.1, 0.15) is 5.41 Å². The van der Waals surface area contributed by atoms with Crippen LogP contribution in [0.15, 0.2) is 0 Å². The zero-order chi connectivity index (χ0) is 14.2. The molecule has 102 valence electrons. The summed E-state index contributed by atoms with van der Waals surface area (Å²) in [5.41, 5.74) is -0.998. The Hall–Kier alpha value is -1.57. The number of likely N-dealkylation sites (N-methyl/N-ethyl adjacent to an activating group) is 2. The summed E-state index contributed by atoms with van der Waals surface area (Å²) in [4.78, 5) is 25.3. The van der Waals surface area contributed by atoms with Crippen LogP contribution in [0, 0.1) is 16.7 Å². The van der Waals surface area contributed by atoms with Crippen LogP contribution in [-0.4, -0.2) is 36.3 Å². The Balaban J connectivity index is 4.90. The lowest BCUT2D eigenvalue weighted by Crippen LogP contribution is -2.47. The molecule has 1 N–H and O–H groups in total. The first-order valence-electron chi connectivity index (χ1n) is 6.48. The zero-order valence-corrected chi connectivity index (χ0v) is 11.7. The van der Waals surface area contributed by atoms with Crippen molar-refractivity contribution in [2.45, 2.75) is 40.5 Å². The van der Waals surface area contributed by atoms with Gasteiger partial charge in [-0.2, -0.15) is 5.26 Å². The van der Waals surface area contributed by atoms with Crippen molar-refractivity contribution >= 4 is 11.8 Å². The van der Waals surface area contributed by atoms with E-state index in [2.05, 4.69) is 11.4 Å². The number of carbonyl (C=O) groups is 2. The molecule has 0 bridgehead atoms. The second kappa shape index (κ2) is 7.70. The number of hydrogen-bond donors (Lipinski definition) is 1. The molecule has 5 nitrogen and oxygen atoms in total. The van der Waals surface area contributed by atoms with Crippen molar-refractivity contribution < 1.29 is 9.59 Å². The Morgan fingerprint density at radius 2 is 1.78 bits per heavy atom. The van der Waals surface area contributed by atoms with Gasteiger partial charge in [0.25, 0.3) is 0 Å². The highest BCUT2D eigenvalue weighted by Gasteiger charge is 2.38. The second-order valence-corrected chi connectivity index (χ2v) is 4.17. The van der Waals surface area contributed by atoms with Crippen molar-refractivity contribution in [2.24, 2.45) is 5.41 Å². The van der Waals surface area contributed by atoms with E-state index in [1.165, 1.54) is 4.90 Å². The summed E-state index contributed by atoms with van der Waals surface area (Å²) in [7, 11) is 0. The molecule has 0 aliphatic heterocycles. The Morgan fingerprint density at radius 3 is 2.11 bits per heavy atom. The molecule has 0 unspecified atom stereocenters. The smallest absolute Gasteiger partial charge is 0.243 e. The largest absolute Gasteiger partial charge is 0.355 e. The van der Waals surface area contributed by atoms with E-state index in [0.29, 0.717) is 25.9 Å². The maximum Gasteiger partial charge on any atom is 0.243 e. The first kappa shape index (κ1) is 16.4. The molecule has 0 aromatic carbocycles. The minimum absolute atomic E-state index is 0.0204. The van der Waals surface area contributed by atoms with Gasteiger partial charge in [-0.1, -0.05) is 13.8 Å². The summed E-state index contributed by atoms with van der Waals surface area (Å²) in [6.07, 6.45) is 0.926. The van der Waals surface area contributed by atoms with Crippen LogP contribution >= 0.6 is 0 Å². The third-order valence-electron chi connectivity index (χ3n) is 3.21. The SMILES string of the molecule is CCNC(=O)CN(CC)C(=O)C(C#N)(CC)CC. The molecule has 0 spiro atoms. The monoisotopic (exact) mass is 253 g/mol. The van der Waals surface area contributed by atoms with Crippen LogP contribution in [0.1, 0.15) is 40.5 Å². The lowest BCUT2D eigenvalue weighted by Gasteiger charge is -2.30. The summed E-state index contributed by atoms with van der Waals surface area (Å²) in [5, 5.41) is 11.9. The van der Waals surface area contributed by atoms with Crippen LogP contribution in [0.25, 0.3) is 0 Å². The summed E-state index contributed by atoms with van der Waals surface area (Å²) in [5.74, 6) is -0.435. The van der Waals surface area contributed by atoms with Crippen molar-refractivity contribution in [1.29, 1.82) is 5.26 Å². The third-order valence-corrected chi connectivity index (χ3v) is 3.21. The van der Waals surface area contributed by atoms with Crippen molar-refractivity contribution in [3.8, 4) is 6.07 Å². The molecule has 0 atom stereocenters. The number of amides is 2. The van der Waals surface area contributed by atoms with Crippen LogP contribution in [0.2, 0.25) is 0 Å². The van der Waals surface area contributed by atoms with Crippen molar-refractivity contribution in [1.82, 2.24) is 10.2 Å². The average molecular weight is 253 g/mol. The minimum Gasteiger partial charge on any atom is -0.355 e. The quantitative estimate of drug-likeness (QED) is 0.743. The van der Waals surface area contributed by atoms with Gasteiger partial charge < -0.3 is 10.2 Å². The topological polar surface area (TPSA) is 73.2 Å². The Bertz CT molecular complexity index is 330. The highest BCUT2D eigenvalue weighted by Crippen LogP contribution is 2.27. The maximum absolute atomic E-state index is 12.4. The molecule has 0 aromatic rings. The molecule has 0 saturated carbocycles. The molecule has 0 fully saturated rings. The van der Waals surface area contributed by atoms with E-state index < -0.39 is 5.41 Å². The minimum atomic E-state index is -0.998. The second-order valence-electron chi connectivity index (χ2n) is 4.17. The Morgan fingerprint density at radius 1 is 1.22 bits per heavy atom. The van der Waals surface area contributed by atoms with E-state index >= 15 is 0 Å². The molecular formula is C13H23N3O2. The number of carbonyl (C=O) groups excluding carboxylic acids is 2. The molecule has 0 aliphatic carbocycles. The molecule has 0 aliphatic rings. The van der Waals surface area contributed by atoms with Gasteiger partial charge in [0.2, 0.25) is 11.8 Å². The first-order valence-corrected chi connectivity index (χ1v) is 6.48. The van der Waals surface area contributed by atoms with Crippen molar-refractivity contribution in [2.75, 3.05) is 19.6 Å². The maximum atomic E-state index is 12.4. The van der Waals surface area contributed by atoms with Gasteiger partial charge in [-0.15, -0.1) is 0 Å². The van der Waals surface area contributed by atoms with Crippen LogP contribution in [0.5, 0.6) is 0 Å². The fraction of sp³-hybridized carbons (Fsp3) is 0.769. The molecule has 0 radical (unpaired) electrons. The lowest BCUT2D eigenvalue weighted by atomic mass is 9.82. The van der Waals surface area contributed by atoms with Gasteiger partial charge in [0.15, 0.2) is 0 Å². The molecule has 2 amide bonds. The van der Waals surface area contributed by atoms with Crippen LogP contribution in [0.4, 0.5) is 0 Å². The van der Waals surface area contributed by atoms with E-state index in [0.717, 1.165) is 0 Å². The average Bonchev–Trinajstić information content (AvgIpc) is 2.38. The summed E-state index contributed by atoms with van der Waals surface area (Å²) < 4.78 is 0. The van der Waals surface area contributed by atoms with Crippen LogP contribution in [-0.2, 0) is 9.59 Å². The predicted octanol–water partition coefficient (Wildman–Crippen LogP) is 1.30. The predicted molar refractivity (Wildman–Crippen MR) is 69.6 cm³/mol. The molecule has 0 aromatic heterocycles. The lowest BCUT2D eigenvalue weighted by molar-refractivity contribution is -0.142. The molecule has 0 rings (SSSR count). The van der Waals surface area contributed by atoms with Gasteiger partial charge >= 0.3 is 0 Å². The fourth-order valence-corrected chi connectivity index (χ4v) is 1.81. The summed E-state index contributed by atoms with van der Waals surface area (Å²) in [6, 6.07) is 2.11. The number of nitrogens with zero attached hydrogens (tertiary/aromatic N) is 2. The van der Waals surface area contributed by atoms with Crippen LogP contribution in [0.3, 0.4) is 0 Å². The van der Waals surface area contributed by atoms with Gasteiger partial charge in [-0.3, -0.25) is 9.59 Å². The first-order chi connectivity index (χ1) is 8.51. The number of nitriles is 1. The molecular weight excluding hydrogens is 230 g/mol. The summed E-state index contributed by atoms with van der Waals surface area (Å²) in [6.45, 7) is 8.27. The normalized spacial score (nSPS) is 10.6. The van der Waals surface area contributed by atoms with E-state index in [-0.39, 0.29) is 18.4 Å². The van der Waals surface area contributed by atoms with Crippen LogP contribution < -0.4 is 5.32 Å². The highest BCUT2D eigenvalue weighted by molar-refractivity contribution is 5.89. The van der Waals surface area contributed by atoms with Gasteiger partial charge in [-0.05, 0) is 26.7 Å². The highest BCUT2D eigenvalue weighted by atomic mass is 16.2. The molecule has 18 heavy (non-hydrogen) atoms.